The van der Waals surface area contributed by atoms with Crippen LogP contribution in [0.25, 0.3) is 31.9 Å². The van der Waals surface area contributed by atoms with Gasteiger partial charge in [0, 0.05) is 65.4 Å². The quantitative estimate of drug-likeness (QED) is 0.0165. The summed E-state index contributed by atoms with van der Waals surface area (Å²) in [4.78, 5) is 66.9. The van der Waals surface area contributed by atoms with Crippen LogP contribution in [0.4, 0.5) is 0 Å². The van der Waals surface area contributed by atoms with Gasteiger partial charge in [-0.25, -0.2) is 0 Å². The van der Waals surface area contributed by atoms with Crippen LogP contribution in [0.15, 0.2) is 0 Å². The van der Waals surface area contributed by atoms with Gasteiger partial charge < -0.3 is 179 Å². The fraction of sp³-hybridized carbons (Fsp3) is 0.931. The van der Waals surface area contributed by atoms with Crippen LogP contribution >= 0.6 is 0 Å². The first-order valence-electron chi connectivity index (χ1n) is 30.5. The minimum Gasteiger partial charge on any atom is -0.870 e. The number of nitrogens with zero attached hydrogens (tertiary/aromatic N) is 12. The van der Waals surface area contributed by atoms with E-state index in [0.29, 0.717) is 52.4 Å². The third-order valence-corrected chi connectivity index (χ3v) is 9.02. The third-order valence-electron chi connectivity index (χ3n) is 9.02. The van der Waals surface area contributed by atoms with Crippen molar-refractivity contribution in [3.63, 3.8) is 0 Å². The van der Waals surface area contributed by atoms with E-state index in [0.717, 1.165) is 77.5 Å². The van der Waals surface area contributed by atoms with Gasteiger partial charge in [0.1, 0.15) is 0 Å². The molecule has 0 rings (SSSR count). The first-order chi connectivity index (χ1) is 43.7. The molecule has 103 heavy (non-hydrogen) atoms. The van der Waals surface area contributed by atoms with Crippen LogP contribution in [-0.2, 0) is 87.5 Å². The van der Waals surface area contributed by atoms with Gasteiger partial charge in [-0.2, -0.15) is 0 Å². The molecule has 0 aromatic carbocycles. The zero-order valence-corrected chi connectivity index (χ0v) is 72.6. The molecule has 0 aromatic heterocycles. The topological polar surface area (TPSA) is 728 Å². The van der Waals surface area contributed by atoms with Crippen molar-refractivity contribution < 1.29 is 265 Å². The Balaban J connectivity index is -0.0000000322. The van der Waals surface area contributed by atoms with Crippen LogP contribution in [-0.4, -0.2) is 231 Å². The third kappa shape index (κ3) is 249. The Labute approximate surface area is 720 Å². The van der Waals surface area contributed by atoms with Crippen LogP contribution in [0.2, 0.25) is 0 Å². The molecule has 622 valence electrons. The number of carboxylic acid groups (broad SMARTS) is 4. The molecule has 0 bridgehead atoms. The van der Waals surface area contributed by atoms with Crippen molar-refractivity contribution in [1.82, 2.24) is 19.6 Å². The maximum Gasteiger partial charge on any atom is 4.00 e. The molecule has 0 fully saturated rings. The van der Waals surface area contributed by atoms with Gasteiger partial charge >= 0.3 is 148 Å². The number of hydrogen-bond donors (Lipinski definition) is 3. The van der Waals surface area contributed by atoms with Gasteiger partial charge in [-0.1, -0.05) is 136 Å². The van der Waals surface area contributed by atoms with E-state index in [1.54, 1.807) is 104 Å². The molecule has 0 atom stereocenters. The predicted octanol–water partition coefficient (Wildman–Crippen LogP) is -4.75. The number of unbranched alkanes of at least 4 members (excludes halogenated alkanes) is 4. The summed E-state index contributed by atoms with van der Waals surface area (Å²) in [6.45, 7) is 40.5. The Kier molecular flexibility index (Phi) is 221. The van der Waals surface area contributed by atoms with Crippen molar-refractivity contribution in [1.29, 1.82) is 0 Å². The molecule has 5 N–H and O–H groups in total. The van der Waals surface area contributed by atoms with Crippen molar-refractivity contribution in [2.24, 2.45) is 21.7 Å². The van der Waals surface area contributed by atoms with Gasteiger partial charge in [-0.05, 0) is 125 Å². The molecule has 0 unspecified atom stereocenters. The summed E-state index contributed by atoms with van der Waals surface area (Å²) in [5.41, 5.74) is 24.2. The fourth-order valence-electron chi connectivity index (χ4n) is 3.90. The van der Waals surface area contributed by atoms with Crippen molar-refractivity contribution in [2.75, 3.05) is 151 Å². The molecule has 0 spiro atoms. The van der Waals surface area contributed by atoms with Gasteiger partial charge in [-0.15, -0.1) is 52.9 Å². The molecular formula is C58H124Fe4Gd2N12O27+4. The molecule has 0 saturated carbocycles. The summed E-state index contributed by atoms with van der Waals surface area (Å²) >= 11 is 0. The summed E-state index contributed by atoms with van der Waals surface area (Å²) in [6, 6.07) is 0. The molecule has 0 aliphatic heterocycles. The van der Waals surface area contributed by atoms with Crippen LogP contribution < -0.4 is 61.3 Å². The van der Waals surface area contributed by atoms with Gasteiger partial charge in [0.2, 0.25) is 0 Å². The number of carbonyl (C=O) groups excluding carboxylic acids is 4. The van der Waals surface area contributed by atoms with Crippen molar-refractivity contribution in [3.8, 4) is 0 Å². The van der Waals surface area contributed by atoms with Gasteiger partial charge in [0.05, 0.1) is 10.2 Å². The number of aliphatic carboxylic acids is 4. The summed E-state index contributed by atoms with van der Waals surface area (Å²) in [7, 11) is 0. The van der Waals surface area contributed by atoms with Crippen LogP contribution in [0.5, 0.6) is 0 Å². The molecule has 0 saturated heterocycles. The maximum absolute atomic E-state index is 10.2. The van der Waals surface area contributed by atoms with Gasteiger partial charge in [0.15, 0.2) is 0 Å². The Hall–Kier alpha value is -1.05. The minimum absolute atomic E-state index is 0. The van der Waals surface area contributed by atoms with E-state index < -0.39 is 55.7 Å². The zero-order chi connectivity index (χ0) is 79.1. The average Bonchev–Trinajstić information content (AvgIpc) is 3.44. The maximum atomic E-state index is 10.2. The molecule has 2 radical (unpaired) electrons. The monoisotopic (exact) mass is 1960 g/mol. The summed E-state index contributed by atoms with van der Waals surface area (Å²) in [6.07, 6.45) is 8.81. The Morgan fingerprint density at radius 1 is 0.320 bits per heavy atom. The minimum atomic E-state index is -1.75. The molecule has 39 nitrogen and oxygen atoms in total. The largest absolute Gasteiger partial charge is 4.00 e. The van der Waals surface area contributed by atoms with E-state index in [2.05, 4.69) is 27.7 Å². The molecule has 0 aromatic rings. The fourth-order valence-corrected chi connectivity index (χ4v) is 3.90. The molecule has 0 aliphatic rings. The van der Waals surface area contributed by atoms with Gasteiger partial charge in [-0.3, -0.25) is 9.82 Å². The Morgan fingerprint density at radius 3 is 0.427 bits per heavy atom. The first kappa shape index (κ1) is 167. The first-order valence-corrected chi connectivity index (χ1v) is 30.5. The zero-order valence-electron chi connectivity index (χ0n) is 63.6. The smallest absolute Gasteiger partial charge is 0.870 e. The second-order valence-electron chi connectivity index (χ2n) is 22.1. The molecule has 0 aliphatic carbocycles. The van der Waals surface area contributed by atoms with E-state index in [9.17, 15) is 80.5 Å². The number of carbonyl (C=O) groups is 4. The van der Waals surface area contributed by atoms with Crippen molar-refractivity contribution in [2.45, 2.75) is 183 Å². The number of rotatable bonds is 28. The molecule has 0 amide bonds. The van der Waals surface area contributed by atoms with Crippen molar-refractivity contribution >= 4 is 23.9 Å². The van der Waals surface area contributed by atoms with Crippen molar-refractivity contribution in [3.05, 3.63) is 62.6 Å². The summed E-state index contributed by atoms with van der Waals surface area (Å²) in [5, 5.41) is 174. The number of carboxylic acids is 4. The molecular weight excluding hydrogens is 1830 g/mol. The summed E-state index contributed by atoms with van der Waals surface area (Å²) < 4.78 is 0. The van der Waals surface area contributed by atoms with Crippen LogP contribution in [0.1, 0.15) is 183 Å². The van der Waals surface area contributed by atoms with Crippen LogP contribution in [0.3, 0.4) is 0 Å². The predicted molar refractivity (Wildman–Crippen MR) is 345 cm³/mol. The second-order valence-corrected chi connectivity index (χ2v) is 22.1. The van der Waals surface area contributed by atoms with Gasteiger partial charge in [0.25, 0.3) is 0 Å². The van der Waals surface area contributed by atoms with E-state index >= 15 is 0 Å². The standard InChI is InChI=1S/4C8H17NO2.4C5H10O2.3C2H6O.4Fe.2Gd.2N3.2NO3.2H2O/c4*1-2-3-4-9(5-7-10)6-8-11;4*1-5(2,3)4(6)7;3*1-2-3;;;;;;;2*1-3-2;2*2-1(3)4;;/h4*2-8H2,1H3;4*1-3H3,(H,6,7);3*3H,2H2,1H3;;;;;;;;;;;2*1H2/q4*-2;;;;;;;;4*+4;2*+3;4*-1;;/p-6. The average molecular weight is 1960 g/mol. The molecule has 45 heteroatoms. The number of hydrogen-bond acceptors (Lipinski definition) is 31. The second kappa shape index (κ2) is 137. The SMILES string of the molecule is CC(C)(C)C(=O)[O-].CC(C)(C)C(=O)[O-].CC(C)(C)C(=O)[O-].CC(C)(C)C(=O)[O-].CCCCN(CC[O-])CC[O-].CCCCN(CC[O-])CC[O-].CCCCN(CC[O-])CC[O-].CCCCN(CC[O-])CC[O-].CCO.CCO.CCO.O=[N+]([O-])[O-].O=[N+]([O-])[O-].[Fe+4].[Fe+4].[Fe+4].[Fe+4].[Gd+3].[Gd+3].[N-]=[N+]=[N-].[N-]=[N+]=[N-].[OH-].[OH-]. The van der Waals surface area contributed by atoms with E-state index in [-0.39, 0.29) is 232 Å². The Morgan fingerprint density at radius 2 is 0.388 bits per heavy atom. The number of aliphatic hydroxyl groups is 3. The normalized spacial score (nSPS) is 8.87. The molecule has 0 heterocycles. The van der Waals surface area contributed by atoms with Crippen LogP contribution in [0, 0.1) is 132 Å². The Bertz CT molecular complexity index is 1420. The number of aliphatic hydroxyl groups excluding tert-OH is 3. The van der Waals surface area contributed by atoms with E-state index in [4.69, 9.17) is 68.1 Å². The van der Waals surface area contributed by atoms with E-state index in [1.165, 1.54) is 9.82 Å². The van der Waals surface area contributed by atoms with E-state index in [1.807, 2.05) is 19.6 Å². The summed E-state index contributed by atoms with van der Waals surface area (Å²) in [5.74, 6) is -4.03.